The molecule has 0 bridgehead atoms. The number of aliphatic carboxylic acids is 1. The van der Waals surface area contributed by atoms with Gasteiger partial charge < -0.3 is 34.8 Å². The number of carbonyl (C=O) groups excluding carboxylic acids is 2. The number of hydrogen-bond acceptors (Lipinski definition) is 10. The molecule has 1 aromatic rings. The van der Waals surface area contributed by atoms with Gasteiger partial charge in [0.05, 0.1) is 37.6 Å². The molecule has 1 amide bonds. The summed E-state index contributed by atoms with van der Waals surface area (Å²) >= 11 is 0. The summed E-state index contributed by atoms with van der Waals surface area (Å²) in [5.41, 5.74) is 1.11. The Hall–Kier alpha value is -2.70. The van der Waals surface area contributed by atoms with Crippen LogP contribution in [-0.4, -0.2) is 83.2 Å². The Morgan fingerprint density at radius 2 is 1.20 bits per heavy atom. The topological polar surface area (TPSA) is 195 Å². The molecule has 14 heteroatoms. The van der Waals surface area contributed by atoms with E-state index in [-0.39, 0.29) is 113 Å². The van der Waals surface area contributed by atoms with Crippen LogP contribution in [0.15, 0.2) is 18.2 Å². The van der Waals surface area contributed by atoms with Crippen molar-refractivity contribution in [2.45, 2.75) is 208 Å². The number of nitrogens with zero attached hydrogens (tertiary/aromatic N) is 1. The predicted octanol–water partition coefficient (Wildman–Crippen LogP) is 11.6. The van der Waals surface area contributed by atoms with E-state index in [2.05, 4.69) is 46.9 Å². The number of ether oxygens (including phenoxy) is 3. The van der Waals surface area contributed by atoms with Crippen molar-refractivity contribution in [1.29, 1.82) is 0 Å². The van der Waals surface area contributed by atoms with Crippen LogP contribution in [0.5, 0.6) is 0 Å². The molecule has 4 N–H and O–H groups in total. The van der Waals surface area contributed by atoms with Crippen LogP contribution >= 0.6 is 9.90 Å². The number of rotatable bonds is 15. The zero-order valence-corrected chi connectivity index (χ0v) is 47.6. The quantitative estimate of drug-likeness (QED) is 0.0565. The lowest BCUT2D eigenvalue weighted by atomic mass is 9.43. The molecule has 1 aromatic carbocycles. The number of hydrogen-bond donors (Lipinski definition) is 4. The van der Waals surface area contributed by atoms with E-state index in [1.165, 1.54) is 43.9 Å². The maximum absolute atomic E-state index is 12.8. The second-order valence-electron chi connectivity index (χ2n) is 26.2. The van der Waals surface area contributed by atoms with Gasteiger partial charge >= 0.3 is 11.9 Å². The van der Waals surface area contributed by atoms with E-state index in [0.717, 1.165) is 83.5 Å². The van der Waals surface area contributed by atoms with Crippen LogP contribution in [0.2, 0.25) is 0 Å². The Morgan fingerprint density at radius 3 is 1.66 bits per heavy atom. The number of nitro benzene ring substituents is 1. The first-order valence-electron chi connectivity index (χ1n) is 30.1. The maximum Gasteiger partial charge on any atom is 0.306 e. The zero-order chi connectivity index (χ0) is 54.2. The number of aliphatic hydroxyl groups excluding tert-OH is 2. The SMILES string of the molecule is P.[2H]CO[C@@H]1CC[C@]2(C)C3CC[C@@]4(C)C(CCC4[C@@H](C)CCC(=O)O)C3[C@H](O)C[C@@H]2C1.[2H]CO[C@@H]1CC[C@]2(C)C3CC[C@@]4(C)C(CCC4[C@@H](C)CCC(=O)OCc4ccc(C(=O)NCC)cc4[N+](=O)[O-])C3[C@H](O)C[C@@H]2C1. The molecule has 9 rings (SSSR count). The fourth-order valence-electron chi connectivity index (χ4n) is 19.2. The summed E-state index contributed by atoms with van der Waals surface area (Å²) in [5, 5.41) is 46.4. The number of carboxylic acids is 1. The average Bonchev–Trinajstić information content (AvgIpc) is 3.92. The zero-order valence-electron chi connectivity index (χ0n) is 48.2. The molecule has 418 valence electrons. The van der Waals surface area contributed by atoms with E-state index in [4.69, 9.17) is 22.1 Å². The molecule has 9 unspecified atom stereocenters. The van der Waals surface area contributed by atoms with Crippen LogP contribution in [-0.2, 0) is 30.4 Å². The highest BCUT2D eigenvalue weighted by atomic mass is 31.0. The molecular formula is C60H97N2O11P. The van der Waals surface area contributed by atoms with E-state index in [1.54, 1.807) is 6.92 Å². The van der Waals surface area contributed by atoms with Crippen LogP contribution in [0.4, 0.5) is 5.69 Å². The van der Waals surface area contributed by atoms with Gasteiger partial charge in [-0.05, 0) is 227 Å². The molecule has 13 nitrogen and oxygen atoms in total. The van der Waals surface area contributed by atoms with Gasteiger partial charge in [-0.1, -0.05) is 41.5 Å². The predicted molar refractivity (Wildman–Crippen MR) is 291 cm³/mol. The summed E-state index contributed by atoms with van der Waals surface area (Å²) in [6.07, 6.45) is 19.2. The number of esters is 1. The monoisotopic (exact) mass is 1050 g/mol. The molecule has 8 fully saturated rings. The summed E-state index contributed by atoms with van der Waals surface area (Å²) in [5.74, 6) is 4.20. The Balaban J connectivity index is 0.000000236. The van der Waals surface area contributed by atoms with Gasteiger partial charge in [0, 0.05) is 45.2 Å². The summed E-state index contributed by atoms with van der Waals surface area (Å²) in [6, 6.07) is 4.22. The first-order valence-corrected chi connectivity index (χ1v) is 28.7. The number of fused-ring (bicyclic) bond motifs is 10. The van der Waals surface area contributed by atoms with E-state index in [1.807, 2.05) is 0 Å². The Labute approximate surface area is 449 Å². The average molecular weight is 1060 g/mol. The van der Waals surface area contributed by atoms with Crippen LogP contribution < -0.4 is 5.32 Å². The van der Waals surface area contributed by atoms with Crippen LogP contribution in [0.1, 0.15) is 196 Å². The second-order valence-corrected chi connectivity index (χ2v) is 26.2. The van der Waals surface area contributed by atoms with Crippen molar-refractivity contribution >= 4 is 33.4 Å². The highest BCUT2D eigenvalue weighted by Gasteiger charge is 2.65. The summed E-state index contributed by atoms with van der Waals surface area (Å²) < 4.78 is 31.7. The number of carbonyl (C=O) groups is 3. The third kappa shape index (κ3) is 11.1. The Morgan fingerprint density at radius 1 is 0.730 bits per heavy atom. The standard InChI is InChI=1S/C35H52N2O7.C25H42O4.H3P/c1-6-36-33(40)22-8-9-23(29(17-22)37(41)42)20-44-31(39)12-7-21(2)26-10-11-27-32-28(14-16-35(26,27)4)34(3)15-13-25(43-5)18-24(34)19-30(32)38;1-15(5-8-22(27)28)18-6-7-19-23-20(10-12-25(18,19)3)24(2)11-9-17(29-4)13-16(24)14-21(23)26;/h8-9,17,21,24-28,30,32,38H,6-7,10-16,18-20H2,1-5H3,(H,36,40);15-21,23,26H,5-14H2,1-4H3,(H,27,28);1H3/t21-,24-,25+,26?,27?,28?,30+,32?,34-,35+;15-,16-,17+,18?,19?,20?,21+,23?,24-,25+;/m00./s1/i5D;4D;. The molecule has 21 atom stereocenters. The molecule has 0 aromatic heterocycles. The van der Waals surface area contributed by atoms with Crippen LogP contribution in [0, 0.1) is 103 Å². The highest BCUT2D eigenvalue weighted by Crippen LogP contribution is 2.70. The lowest BCUT2D eigenvalue weighted by molar-refractivity contribution is -0.385. The lowest BCUT2D eigenvalue weighted by Gasteiger charge is -2.62. The van der Waals surface area contributed by atoms with Crippen LogP contribution in [0.25, 0.3) is 0 Å². The van der Waals surface area contributed by atoms with Crippen molar-refractivity contribution in [2.75, 3.05) is 20.7 Å². The van der Waals surface area contributed by atoms with E-state index < -0.39 is 10.9 Å². The molecule has 8 aliphatic rings. The molecule has 74 heavy (non-hydrogen) atoms. The Kier molecular flexibility index (Phi) is 18.0. The molecule has 8 saturated carbocycles. The highest BCUT2D eigenvalue weighted by molar-refractivity contribution is 6.92. The fourth-order valence-corrected chi connectivity index (χ4v) is 19.2. The first kappa shape index (κ1) is 56.0. The van der Waals surface area contributed by atoms with E-state index in [9.17, 15) is 34.7 Å². The van der Waals surface area contributed by atoms with Crippen molar-refractivity contribution in [3.63, 3.8) is 0 Å². The number of nitro groups is 1. The van der Waals surface area contributed by atoms with Crippen molar-refractivity contribution in [3.05, 3.63) is 39.4 Å². The number of amides is 1. The molecule has 0 heterocycles. The molecule has 0 aliphatic heterocycles. The van der Waals surface area contributed by atoms with Gasteiger partial charge in [0.25, 0.3) is 11.6 Å². The minimum Gasteiger partial charge on any atom is -0.481 e. The van der Waals surface area contributed by atoms with Gasteiger partial charge in [-0.3, -0.25) is 24.5 Å². The third-order valence-corrected chi connectivity index (χ3v) is 23.1. The first-order chi connectivity index (χ1) is 35.6. The summed E-state index contributed by atoms with van der Waals surface area (Å²) in [6.45, 7) is 16.3. The van der Waals surface area contributed by atoms with Gasteiger partial charge in [0.2, 0.25) is 0 Å². The number of benzene rings is 1. The molecular weight excluding hydrogens is 956 g/mol. The second kappa shape index (κ2) is 23.7. The number of nitrogens with one attached hydrogen (secondary N) is 1. The molecule has 0 radical (unpaired) electrons. The molecule has 8 aliphatic carbocycles. The number of carboxylic acid groups (broad SMARTS) is 1. The van der Waals surface area contributed by atoms with Gasteiger partial charge in [0.15, 0.2) is 0 Å². The summed E-state index contributed by atoms with van der Waals surface area (Å²) in [7, 11) is 0.0573. The smallest absolute Gasteiger partial charge is 0.306 e. The van der Waals surface area contributed by atoms with Gasteiger partial charge in [-0.2, -0.15) is 9.90 Å². The number of methoxy groups -OCH3 is 2. The summed E-state index contributed by atoms with van der Waals surface area (Å²) in [4.78, 5) is 47.1. The Bertz CT molecular complexity index is 2190. The van der Waals surface area contributed by atoms with Gasteiger partial charge in [-0.15, -0.1) is 0 Å². The number of aliphatic hydroxyl groups is 2. The minimum absolute atomic E-state index is 0. The van der Waals surface area contributed by atoms with E-state index in [0.29, 0.717) is 89.4 Å². The molecule has 0 saturated heterocycles. The van der Waals surface area contributed by atoms with Crippen molar-refractivity contribution < 1.29 is 51.6 Å². The van der Waals surface area contributed by atoms with Crippen molar-refractivity contribution in [2.24, 2.45) is 92.7 Å². The minimum atomic E-state index is -0.683. The van der Waals surface area contributed by atoms with Crippen molar-refractivity contribution in [1.82, 2.24) is 5.32 Å². The van der Waals surface area contributed by atoms with E-state index >= 15 is 0 Å². The lowest BCUT2D eigenvalue weighted by Crippen LogP contribution is -2.58. The normalized spacial score (nSPS) is 42.0. The van der Waals surface area contributed by atoms with Crippen LogP contribution in [0.3, 0.4) is 0 Å². The largest absolute Gasteiger partial charge is 0.481 e. The van der Waals surface area contributed by atoms with Crippen molar-refractivity contribution in [3.8, 4) is 0 Å². The van der Waals surface area contributed by atoms with Gasteiger partial charge in [0.1, 0.15) is 6.61 Å². The maximum atomic E-state index is 12.8. The molecule has 0 spiro atoms. The fraction of sp³-hybridized carbons (Fsp3) is 0.850. The third-order valence-electron chi connectivity index (χ3n) is 23.1. The van der Waals surface area contributed by atoms with Gasteiger partial charge in [-0.25, -0.2) is 0 Å².